The van der Waals surface area contributed by atoms with Gasteiger partial charge in [0.1, 0.15) is 11.3 Å². The summed E-state index contributed by atoms with van der Waals surface area (Å²) in [5, 5.41) is 0.812. The van der Waals surface area contributed by atoms with Gasteiger partial charge in [0.15, 0.2) is 0 Å². The number of carbonyl (C=O) groups excluding carboxylic acids is 1. The molecule has 1 atom stereocenters. The zero-order chi connectivity index (χ0) is 22.5. The molecule has 0 bridgehead atoms. The van der Waals surface area contributed by atoms with Crippen LogP contribution in [0.4, 0.5) is 0 Å². The second-order valence-corrected chi connectivity index (χ2v) is 7.32. The average molecular weight is 428 g/mol. The van der Waals surface area contributed by atoms with Crippen molar-refractivity contribution in [3.05, 3.63) is 100 Å². The smallest absolute Gasteiger partial charge is 0.352 e. The van der Waals surface area contributed by atoms with E-state index in [9.17, 15) is 9.59 Å². The third-order valence-electron chi connectivity index (χ3n) is 5.24. The summed E-state index contributed by atoms with van der Waals surface area (Å²) in [4.78, 5) is 25.0. The topological polar surface area (TPSA) is 65.7 Å². The van der Waals surface area contributed by atoms with E-state index in [0.717, 1.165) is 22.1 Å². The highest BCUT2D eigenvalue weighted by atomic mass is 16.6. The fourth-order valence-electron chi connectivity index (χ4n) is 3.70. The van der Waals surface area contributed by atoms with Crippen molar-refractivity contribution < 1.29 is 18.7 Å². The minimum Gasteiger partial charge on any atom is -0.473 e. The van der Waals surface area contributed by atoms with Gasteiger partial charge in [0, 0.05) is 23.1 Å². The van der Waals surface area contributed by atoms with Crippen LogP contribution in [0.15, 0.2) is 88.1 Å². The number of hydrogen-bond donors (Lipinski definition) is 0. The van der Waals surface area contributed by atoms with Crippen LogP contribution in [0.25, 0.3) is 22.1 Å². The highest BCUT2D eigenvalue weighted by Gasteiger charge is 2.25. The predicted molar refractivity (Wildman–Crippen MR) is 124 cm³/mol. The van der Waals surface area contributed by atoms with Crippen molar-refractivity contribution in [2.45, 2.75) is 26.4 Å². The number of aryl methyl sites for hydroxylation is 1. The molecule has 1 aromatic heterocycles. The van der Waals surface area contributed by atoms with Crippen LogP contribution < -0.4 is 10.4 Å². The Labute approximate surface area is 186 Å². The predicted octanol–water partition coefficient (Wildman–Crippen LogP) is 5.71. The molecule has 0 aliphatic carbocycles. The summed E-state index contributed by atoms with van der Waals surface area (Å²) in [5.41, 5.74) is 3.26. The maximum Gasteiger partial charge on any atom is 0.352 e. The first-order valence-electron chi connectivity index (χ1n) is 10.6. The number of benzene rings is 3. The summed E-state index contributed by atoms with van der Waals surface area (Å²) >= 11 is 0. The Morgan fingerprint density at radius 2 is 1.62 bits per heavy atom. The van der Waals surface area contributed by atoms with Gasteiger partial charge in [0.2, 0.25) is 6.10 Å². The lowest BCUT2D eigenvalue weighted by Gasteiger charge is -2.20. The summed E-state index contributed by atoms with van der Waals surface area (Å²) in [5.74, 6) is 0.00982. The second-order valence-electron chi connectivity index (χ2n) is 7.32. The molecule has 0 aliphatic heterocycles. The van der Waals surface area contributed by atoms with E-state index in [4.69, 9.17) is 13.9 Å². The number of hydrogen-bond acceptors (Lipinski definition) is 5. The fraction of sp³-hybridized carbons (Fsp3) is 0.185. The van der Waals surface area contributed by atoms with Gasteiger partial charge < -0.3 is 13.9 Å². The molecule has 5 nitrogen and oxygen atoms in total. The highest BCUT2D eigenvalue weighted by molar-refractivity contribution is 5.94. The molecule has 4 rings (SSSR count). The highest BCUT2D eigenvalue weighted by Crippen LogP contribution is 2.35. The molecule has 1 heterocycles. The van der Waals surface area contributed by atoms with Crippen LogP contribution in [0.3, 0.4) is 0 Å². The van der Waals surface area contributed by atoms with Crippen LogP contribution >= 0.6 is 0 Å². The lowest BCUT2D eigenvalue weighted by Crippen LogP contribution is -2.22. The van der Waals surface area contributed by atoms with E-state index in [0.29, 0.717) is 23.3 Å². The number of carbonyl (C=O) groups is 1. The Bertz CT molecular complexity index is 1280. The van der Waals surface area contributed by atoms with Crippen LogP contribution in [0.1, 0.15) is 31.1 Å². The van der Waals surface area contributed by atoms with Crippen molar-refractivity contribution in [3.63, 3.8) is 0 Å². The fourth-order valence-corrected chi connectivity index (χ4v) is 3.70. The largest absolute Gasteiger partial charge is 0.473 e. The molecule has 0 N–H and O–H groups in total. The molecule has 0 amide bonds. The van der Waals surface area contributed by atoms with Crippen molar-refractivity contribution >= 4 is 16.9 Å². The molecule has 32 heavy (non-hydrogen) atoms. The second kappa shape index (κ2) is 9.52. The van der Waals surface area contributed by atoms with Crippen LogP contribution in [-0.2, 0) is 16.0 Å². The molecule has 0 radical (unpaired) electrons. The SMILES string of the molecule is CCOC(=O)[C@H](Oc1cc2oc(=O)cc(-c3ccccc3)c2cc1CC)c1ccccc1. The summed E-state index contributed by atoms with van der Waals surface area (Å²) in [6.45, 7) is 4.02. The van der Waals surface area contributed by atoms with E-state index in [1.165, 1.54) is 6.07 Å². The van der Waals surface area contributed by atoms with Crippen LogP contribution in [-0.4, -0.2) is 12.6 Å². The standard InChI is InChI=1S/C27H24O5/c1-3-18-15-22-21(19-11-7-5-8-12-19)16-25(28)31-24(22)17-23(18)32-26(27(29)30-4-2)20-13-9-6-10-14-20/h5-17,26H,3-4H2,1-2H3/t26-/m1/s1. The molecule has 162 valence electrons. The molecule has 5 heteroatoms. The van der Waals surface area contributed by atoms with E-state index in [1.807, 2.05) is 73.7 Å². The average Bonchev–Trinajstić information content (AvgIpc) is 2.82. The van der Waals surface area contributed by atoms with Gasteiger partial charge in [-0.1, -0.05) is 67.6 Å². The lowest BCUT2D eigenvalue weighted by atomic mass is 9.99. The molecule has 0 saturated heterocycles. The molecular weight excluding hydrogens is 404 g/mol. The van der Waals surface area contributed by atoms with Crippen LogP contribution in [0.2, 0.25) is 0 Å². The third-order valence-corrected chi connectivity index (χ3v) is 5.24. The number of esters is 1. The normalized spacial score (nSPS) is 11.8. The van der Waals surface area contributed by atoms with E-state index < -0.39 is 17.7 Å². The van der Waals surface area contributed by atoms with Crippen molar-refractivity contribution in [1.29, 1.82) is 0 Å². The molecule has 0 aliphatic rings. The summed E-state index contributed by atoms with van der Waals surface area (Å²) < 4.78 is 17.0. The number of rotatable bonds is 7. The van der Waals surface area contributed by atoms with Crippen molar-refractivity contribution in [1.82, 2.24) is 0 Å². The van der Waals surface area contributed by atoms with Gasteiger partial charge in [0.05, 0.1) is 6.61 Å². The first kappa shape index (κ1) is 21.4. The van der Waals surface area contributed by atoms with Crippen LogP contribution in [0.5, 0.6) is 5.75 Å². The van der Waals surface area contributed by atoms with Gasteiger partial charge in [0.25, 0.3) is 0 Å². The van der Waals surface area contributed by atoms with Gasteiger partial charge in [-0.3, -0.25) is 0 Å². The minimum absolute atomic E-state index is 0.249. The number of ether oxygens (including phenoxy) is 2. The molecule has 4 aromatic rings. The summed E-state index contributed by atoms with van der Waals surface area (Å²) in [6, 6.07) is 24.1. The Morgan fingerprint density at radius 1 is 0.938 bits per heavy atom. The molecule has 0 unspecified atom stereocenters. The Hall–Kier alpha value is -3.86. The lowest BCUT2D eigenvalue weighted by molar-refractivity contribution is -0.151. The monoisotopic (exact) mass is 428 g/mol. The van der Waals surface area contributed by atoms with E-state index in [-0.39, 0.29) is 6.61 Å². The van der Waals surface area contributed by atoms with Gasteiger partial charge in [-0.2, -0.15) is 0 Å². The molecular formula is C27H24O5. The maximum atomic E-state index is 12.7. The van der Waals surface area contributed by atoms with Gasteiger partial charge in [-0.05, 0) is 36.1 Å². The van der Waals surface area contributed by atoms with Crippen molar-refractivity contribution in [2.24, 2.45) is 0 Å². The minimum atomic E-state index is -0.928. The first-order valence-corrected chi connectivity index (χ1v) is 10.6. The Morgan fingerprint density at radius 3 is 2.28 bits per heavy atom. The molecule has 3 aromatic carbocycles. The Balaban J connectivity index is 1.83. The Kier molecular flexibility index (Phi) is 6.36. The van der Waals surface area contributed by atoms with Gasteiger partial charge in [-0.15, -0.1) is 0 Å². The zero-order valence-electron chi connectivity index (χ0n) is 18.0. The molecule has 0 spiro atoms. The third kappa shape index (κ3) is 4.42. The van der Waals surface area contributed by atoms with Crippen molar-refractivity contribution in [3.8, 4) is 16.9 Å². The first-order chi connectivity index (χ1) is 15.6. The van der Waals surface area contributed by atoms with Gasteiger partial charge >= 0.3 is 11.6 Å². The maximum absolute atomic E-state index is 12.7. The van der Waals surface area contributed by atoms with Crippen molar-refractivity contribution in [2.75, 3.05) is 6.61 Å². The summed E-state index contributed by atoms with van der Waals surface area (Å²) in [6.07, 6.45) is -0.258. The van der Waals surface area contributed by atoms with Crippen LogP contribution in [0, 0.1) is 0 Å². The number of fused-ring (bicyclic) bond motifs is 1. The molecule has 0 fully saturated rings. The molecule has 0 saturated carbocycles. The summed E-state index contributed by atoms with van der Waals surface area (Å²) in [7, 11) is 0. The quantitative estimate of drug-likeness (QED) is 0.279. The van der Waals surface area contributed by atoms with Gasteiger partial charge in [-0.25, -0.2) is 9.59 Å². The van der Waals surface area contributed by atoms with E-state index in [1.54, 1.807) is 13.0 Å². The van der Waals surface area contributed by atoms with E-state index in [2.05, 4.69) is 0 Å². The zero-order valence-corrected chi connectivity index (χ0v) is 18.0. The van der Waals surface area contributed by atoms with E-state index >= 15 is 0 Å².